The molecule has 2 fully saturated rings. The van der Waals surface area contributed by atoms with Gasteiger partial charge in [-0.2, -0.15) is 0 Å². The second-order valence-corrected chi connectivity index (χ2v) is 9.48. The number of rotatable bonds is 7. The second-order valence-electron chi connectivity index (χ2n) is 9.48. The summed E-state index contributed by atoms with van der Waals surface area (Å²) >= 11 is 0. The van der Waals surface area contributed by atoms with E-state index in [-0.39, 0.29) is 11.3 Å². The van der Waals surface area contributed by atoms with Gasteiger partial charge in [0.05, 0.1) is 12.3 Å². The van der Waals surface area contributed by atoms with Crippen LogP contribution in [-0.4, -0.2) is 54.8 Å². The first-order valence-electron chi connectivity index (χ1n) is 11.9. The molecule has 1 aromatic heterocycles. The molecule has 1 amide bonds. The van der Waals surface area contributed by atoms with Crippen LogP contribution in [0.15, 0.2) is 30.5 Å². The average Bonchev–Trinajstić information content (AvgIpc) is 2.80. The molecule has 0 unspecified atom stereocenters. The van der Waals surface area contributed by atoms with E-state index in [0.29, 0.717) is 18.0 Å². The summed E-state index contributed by atoms with van der Waals surface area (Å²) in [5.41, 5.74) is 4.09. The highest BCUT2D eigenvalue weighted by Crippen LogP contribution is 2.47. The third-order valence-corrected chi connectivity index (χ3v) is 7.48. The van der Waals surface area contributed by atoms with Crippen molar-refractivity contribution < 1.29 is 9.53 Å². The second kappa shape index (κ2) is 9.16. The molecule has 0 atom stereocenters. The number of aromatic nitrogens is 2. The number of anilines is 1. The van der Waals surface area contributed by atoms with Crippen molar-refractivity contribution in [2.45, 2.75) is 62.4 Å². The van der Waals surface area contributed by atoms with Crippen molar-refractivity contribution in [3.05, 3.63) is 41.6 Å². The Hall–Kier alpha value is -2.51. The molecule has 5 rings (SSSR count). The average molecular weight is 436 g/mol. The maximum absolute atomic E-state index is 12.4. The maximum Gasteiger partial charge on any atom is 0.251 e. The van der Waals surface area contributed by atoms with Crippen LogP contribution in [0.3, 0.4) is 0 Å². The lowest BCUT2D eigenvalue weighted by Gasteiger charge is -2.46. The van der Waals surface area contributed by atoms with Gasteiger partial charge in [-0.05, 0) is 62.3 Å². The molecule has 3 aliphatic rings. The molecule has 0 saturated heterocycles. The molecule has 2 saturated carbocycles. The van der Waals surface area contributed by atoms with Gasteiger partial charge in [-0.1, -0.05) is 12.5 Å². The van der Waals surface area contributed by atoms with Gasteiger partial charge in [0, 0.05) is 55.0 Å². The van der Waals surface area contributed by atoms with Crippen molar-refractivity contribution >= 4 is 11.9 Å². The van der Waals surface area contributed by atoms with E-state index in [0.717, 1.165) is 75.0 Å². The van der Waals surface area contributed by atoms with Gasteiger partial charge in [-0.25, -0.2) is 9.97 Å². The molecule has 2 heterocycles. The van der Waals surface area contributed by atoms with Crippen LogP contribution in [0.2, 0.25) is 0 Å². The van der Waals surface area contributed by atoms with E-state index in [2.05, 4.69) is 27.0 Å². The fourth-order valence-electron chi connectivity index (χ4n) is 5.41. The van der Waals surface area contributed by atoms with Gasteiger partial charge in [0.1, 0.15) is 0 Å². The summed E-state index contributed by atoms with van der Waals surface area (Å²) in [7, 11) is 1.74. The monoisotopic (exact) mass is 435 g/mol. The predicted molar refractivity (Wildman–Crippen MR) is 125 cm³/mol. The highest BCUT2D eigenvalue weighted by atomic mass is 16.5. The molecule has 7 nitrogen and oxygen atoms in total. The number of hydrogen-bond acceptors (Lipinski definition) is 6. The van der Waals surface area contributed by atoms with Gasteiger partial charge in [-0.3, -0.25) is 4.79 Å². The van der Waals surface area contributed by atoms with Gasteiger partial charge < -0.3 is 20.7 Å². The Labute approximate surface area is 189 Å². The molecule has 2 aromatic rings. The number of ether oxygens (including phenoxy) is 1. The Balaban J connectivity index is 1.27. The largest absolute Gasteiger partial charge is 0.383 e. The van der Waals surface area contributed by atoms with E-state index in [1.165, 1.54) is 12.0 Å². The van der Waals surface area contributed by atoms with Gasteiger partial charge >= 0.3 is 0 Å². The Morgan fingerprint density at radius 2 is 1.97 bits per heavy atom. The SMILES string of the molecule is COCCNC1CCC(Nc2nccc(-c3ccc4c(c3)C3(CCC3)CNC4=O)n2)CC1. The van der Waals surface area contributed by atoms with Crippen LogP contribution in [-0.2, 0) is 10.2 Å². The summed E-state index contributed by atoms with van der Waals surface area (Å²) in [6.07, 6.45) is 9.85. The first kappa shape index (κ1) is 21.3. The van der Waals surface area contributed by atoms with Crippen molar-refractivity contribution in [3.8, 4) is 11.3 Å². The highest BCUT2D eigenvalue weighted by Gasteiger charge is 2.44. The minimum Gasteiger partial charge on any atom is -0.383 e. The Morgan fingerprint density at radius 3 is 2.72 bits per heavy atom. The van der Waals surface area contributed by atoms with Crippen LogP contribution < -0.4 is 16.0 Å². The van der Waals surface area contributed by atoms with E-state index in [1.54, 1.807) is 7.11 Å². The number of hydrogen-bond donors (Lipinski definition) is 3. The van der Waals surface area contributed by atoms with E-state index < -0.39 is 0 Å². The molecule has 0 radical (unpaired) electrons. The topological polar surface area (TPSA) is 88.2 Å². The van der Waals surface area contributed by atoms with Crippen molar-refractivity contribution in [1.29, 1.82) is 0 Å². The van der Waals surface area contributed by atoms with E-state index in [4.69, 9.17) is 9.72 Å². The minimum absolute atomic E-state index is 0.0430. The summed E-state index contributed by atoms with van der Waals surface area (Å²) in [4.78, 5) is 21.7. The molecule has 3 N–H and O–H groups in total. The molecule has 0 bridgehead atoms. The first-order chi connectivity index (χ1) is 15.7. The minimum atomic E-state index is 0.0430. The van der Waals surface area contributed by atoms with Crippen LogP contribution in [0.1, 0.15) is 60.9 Å². The summed E-state index contributed by atoms with van der Waals surface area (Å²) in [5.74, 6) is 0.730. The number of carbonyl (C=O) groups is 1. The lowest BCUT2D eigenvalue weighted by atomic mass is 9.61. The number of nitrogens with zero attached hydrogens (tertiary/aromatic N) is 2. The van der Waals surface area contributed by atoms with Crippen molar-refractivity contribution in [2.24, 2.45) is 0 Å². The summed E-state index contributed by atoms with van der Waals surface area (Å²) in [5, 5.41) is 10.2. The van der Waals surface area contributed by atoms with E-state index >= 15 is 0 Å². The van der Waals surface area contributed by atoms with Gasteiger partial charge in [0.25, 0.3) is 5.91 Å². The number of carbonyl (C=O) groups excluding carboxylic acids is 1. The van der Waals surface area contributed by atoms with Gasteiger partial charge in [0.15, 0.2) is 0 Å². The van der Waals surface area contributed by atoms with E-state index in [1.807, 2.05) is 24.4 Å². The van der Waals surface area contributed by atoms with Crippen LogP contribution in [0.5, 0.6) is 0 Å². The standard InChI is InChI=1S/C25H33N5O2/c1-32-14-13-26-18-4-6-19(7-5-18)29-24-27-12-9-22(30-24)17-3-8-20-21(15-17)25(10-2-11-25)16-28-23(20)31/h3,8-9,12,15,18-19,26H,2,4-7,10-11,13-14,16H2,1H3,(H,28,31)(H,27,29,30). The maximum atomic E-state index is 12.4. The molecule has 7 heteroatoms. The molecule has 1 aliphatic heterocycles. The van der Waals surface area contributed by atoms with Crippen molar-refractivity contribution in [1.82, 2.24) is 20.6 Å². The number of amides is 1. The van der Waals surface area contributed by atoms with Gasteiger partial charge in [-0.15, -0.1) is 0 Å². The Bertz CT molecular complexity index is 967. The van der Waals surface area contributed by atoms with Crippen LogP contribution in [0, 0.1) is 0 Å². The zero-order chi connectivity index (χ0) is 22.0. The van der Waals surface area contributed by atoms with Crippen molar-refractivity contribution in [3.63, 3.8) is 0 Å². The van der Waals surface area contributed by atoms with Crippen molar-refractivity contribution in [2.75, 3.05) is 32.1 Å². The fourth-order valence-corrected chi connectivity index (χ4v) is 5.41. The van der Waals surface area contributed by atoms with Crippen LogP contribution in [0.25, 0.3) is 11.3 Å². The molecular formula is C25H33N5O2. The third kappa shape index (κ3) is 4.24. The van der Waals surface area contributed by atoms with Crippen LogP contribution in [0.4, 0.5) is 5.95 Å². The van der Waals surface area contributed by atoms with Gasteiger partial charge in [0.2, 0.25) is 5.95 Å². The molecule has 170 valence electrons. The normalized spacial score (nSPS) is 23.8. The molecule has 1 aromatic carbocycles. The Kier molecular flexibility index (Phi) is 6.11. The Morgan fingerprint density at radius 1 is 1.16 bits per heavy atom. The summed E-state index contributed by atoms with van der Waals surface area (Å²) < 4.78 is 5.13. The highest BCUT2D eigenvalue weighted by molar-refractivity contribution is 5.98. The summed E-state index contributed by atoms with van der Waals surface area (Å²) in [6.45, 7) is 2.42. The molecular weight excluding hydrogens is 402 g/mol. The molecule has 2 aliphatic carbocycles. The zero-order valence-electron chi connectivity index (χ0n) is 18.8. The molecule has 32 heavy (non-hydrogen) atoms. The lowest BCUT2D eigenvalue weighted by molar-refractivity contribution is 0.0896. The summed E-state index contributed by atoms with van der Waals surface area (Å²) in [6, 6.07) is 9.10. The quantitative estimate of drug-likeness (QED) is 0.579. The third-order valence-electron chi connectivity index (χ3n) is 7.48. The lowest BCUT2D eigenvalue weighted by Crippen LogP contribution is -2.50. The molecule has 1 spiro atoms. The van der Waals surface area contributed by atoms with Crippen LogP contribution >= 0.6 is 0 Å². The number of benzene rings is 1. The predicted octanol–water partition coefficient (Wildman–Crippen LogP) is 3.27. The number of nitrogens with one attached hydrogen (secondary N) is 3. The van der Waals surface area contributed by atoms with E-state index in [9.17, 15) is 4.79 Å². The zero-order valence-corrected chi connectivity index (χ0v) is 18.8. The number of methoxy groups -OCH3 is 1. The fraction of sp³-hybridized carbons (Fsp3) is 0.560. The number of fused-ring (bicyclic) bond motifs is 2. The first-order valence-corrected chi connectivity index (χ1v) is 11.9. The smallest absolute Gasteiger partial charge is 0.251 e.